The van der Waals surface area contributed by atoms with Crippen LogP contribution in [0.5, 0.6) is 5.75 Å². The predicted molar refractivity (Wildman–Crippen MR) is 85.0 cm³/mol. The van der Waals surface area contributed by atoms with E-state index in [2.05, 4.69) is 33.4 Å². The maximum absolute atomic E-state index is 13.8. The summed E-state index contributed by atoms with van der Waals surface area (Å²) >= 11 is 3.25. The molecule has 1 unspecified atom stereocenters. The molecular formula is C17H17BrFNO. The molecule has 0 aromatic heterocycles. The molecule has 2 nitrogen and oxygen atoms in total. The summed E-state index contributed by atoms with van der Waals surface area (Å²) in [6.45, 7) is 0.243. The molecule has 21 heavy (non-hydrogen) atoms. The minimum Gasteiger partial charge on any atom is -0.489 e. The fourth-order valence-corrected chi connectivity index (χ4v) is 3.12. The monoisotopic (exact) mass is 349 g/mol. The van der Waals surface area contributed by atoms with Crippen LogP contribution in [0.15, 0.2) is 40.9 Å². The summed E-state index contributed by atoms with van der Waals surface area (Å²) in [5, 5.41) is 3.32. The zero-order chi connectivity index (χ0) is 14.8. The molecule has 0 saturated carbocycles. The number of hydrogen-bond acceptors (Lipinski definition) is 2. The van der Waals surface area contributed by atoms with Gasteiger partial charge in [-0.1, -0.05) is 28.1 Å². The van der Waals surface area contributed by atoms with Gasteiger partial charge < -0.3 is 10.1 Å². The molecule has 3 rings (SSSR count). The lowest BCUT2D eigenvalue weighted by molar-refractivity contribution is 0.299. The van der Waals surface area contributed by atoms with Gasteiger partial charge in [0.05, 0.1) is 0 Å². The van der Waals surface area contributed by atoms with Crippen LogP contribution < -0.4 is 10.1 Å². The number of nitrogens with one attached hydrogen (secondary N) is 1. The first-order valence-corrected chi connectivity index (χ1v) is 7.83. The highest BCUT2D eigenvalue weighted by atomic mass is 79.9. The Labute approximate surface area is 132 Å². The van der Waals surface area contributed by atoms with Crippen molar-refractivity contribution >= 4 is 15.9 Å². The largest absolute Gasteiger partial charge is 0.489 e. The third-order valence-electron chi connectivity index (χ3n) is 3.95. The summed E-state index contributed by atoms with van der Waals surface area (Å²) in [5.74, 6) is 0.550. The lowest BCUT2D eigenvalue weighted by Gasteiger charge is -2.12. The molecule has 1 N–H and O–H groups in total. The molecule has 0 saturated heterocycles. The first-order valence-electron chi connectivity index (χ1n) is 7.04. The number of benzene rings is 2. The minimum absolute atomic E-state index is 0.243. The van der Waals surface area contributed by atoms with Crippen molar-refractivity contribution in [3.63, 3.8) is 0 Å². The zero-order valence-corrected chi connectivity index (χ0v) is 13.4. The smallest absolute Gasteiger partial charge is 0.130 e. The number of hydrogen-bond donors (Lipinski definition) is 1. The molecule has 0 bridgehead atoms. The number of rotatable bonds is 4. The molecule has 2 aromatic rings. The van der Waals surface area contributed by atoms with Gasteiger partial charge in [0, 0.05) is 16.1 Å². The van der Waals surface area contributed by atoms with Crippen molar-refractivity contribution in [2.75, 3.05) is 7.05 Å². The molecule has 1 aliphatic rings. The van der Waals surface area contributed by atoms with Crippen LogP contribution in [0.1, 0.15) is 29.2 Å². The van der Waals surface area contributed by atoms with Gasteiger partial charge in [0.15, 0.2) is 0 Å². The second kappa shape index (κ2) is 6.16. The highest BCUT2D eigenvalue weighted by Crippen LogP contribution is 2.33. The van der Waals surface area contributed by atoms with Gasteiger partial charge in [-0.15, -0.1) is 0 Å². The Morgan fingerprint density at radius 2 is 2.14 bits per heavy atom. The molecule has 2 aromatic carbocycles. The van der Waals surface area contributed by atoms with E-state index in [1.807, 2.05) is 19.2 Å². The first-order chi connectivity index (χ1) is 10.2. The van der Waals surface area contributed by atoms with Crippen LogP contribution in [0.25, 0.3) is 0 Å². The van der Waals surface area contributed by atoms with E-state index >= 15 is 0 Å². The van der Waals surface area contributed by atoms with Crippen molar-refractivity contribution in [3.8, 4) is 5.75 Å². The molecular weight excluding hydrogens is 333 g/mol. The molecule has 1 atom stereocenters. The molecule has 0 heterocycles. The zero-order valence-electron chi connectivity index (χ0n) is 11.8. The third kappa shape index (κ3) is 3.11. The second-order valence-electron chi connectivity index (χ2n) is 5.26. The van der Waals surface area contributed by atoms with Crippen molar-refractivity contribution < 1.29 is 9.13 Å². The highest BCUT2D eigenvalue weighted by molar-refractivity contribution is 9.10. The van der Waals surface area contributed by atoms with Gasteiger partial charge >= 0.3 is 0 Å². The van der Waals surface area contributed by atoms with Crippen LogP contribution in [-0.2, 0) is 13.0 Å². The van der Waals surface area contributed by atoms with Gasteiger partial charge in [-0.05, 0) is 55.3 Å². The first kappa shape index (κ1) is 14.5. The quantitative estimate of drug-likeness (QED) is 0.884. The average molecular weight is 350 g/mol. The predicted octanol–water partition coefficient (Wildman–Crippen LogP) is 4.37. The standard InChI is InChI=1S/C17H17BrFNO/c1-20-17-7-3-11-8-14(5-6-15(11)17)21-10-12-2-4-13(18)9-16(12)19/h2,4-6,8-9,17,20H,3,7,10H2,1H3. The van der Waals surface area contributed by atoms with E-state index in [1.54, 1.807) is 6.07 Å². The van der Waals surface area contributed by atoms with E-state index in [9.17, 15) is 4.39 Å². The van der Waals surface area contributed by atoms with E-state index in [0.29, 0.717) is 11.6 Å². The molecule has 110 valence electrons. The van der Waals surface area contributed by atoms with Gasteiger partial charge in [-0.2, -0.15) is 0 Å². The van der Waals surface area contributed by atoms with Crippen molar-refractivity contribution in [1.82, 2.24) is 5.32 Å². The van der Waals surface area contributed by atoms with Crippen molar-refractivity contribution in [3.05, 3.63) is 63.4 Å². The normalized spacial score (nSPS) is 16.8. The fourth-order valence-electron chi connectivity index (χ4n) is 2.78. The topological polar surface area (TPSA) is 21.3 Å². The van der Waals surface area contributed by atoms with E-state index in [-0.39, 0.29) is 12.4 Å². The maximum atomic E-state index is 13.8. The molecule has 1 aliphatic carbocycles. The maximum Gasteiger partial charge on any atom is 0.130 e. The summed E-state index contributed by atoms with van der Waals surface area (Å²) in [7, 11) is 1.99. The van der Waals surface area contributed by atoms with Crippen molar-refractivity contribution in [2.24, 2.45) is 0 Å². The molecule has 0 spiro atoms. The van der Waals surface area contributed by atoms with E-state index in [4.69, 9.17) is 4.74 Å². The number of fused-ring (bicyclic) bond motifs is 1. The van der Waals surface area contributed by atoms with Gasteiger partial charge in [-0.25, -0.2) is 4.39 Å². The van der Waals surface area contributed by atoms with Crippen molar-refractivity contribution in [1.29, 1.82) is 0 Å². The Kier molecular flexibility index (Phi) is 4.27. The summed E-state index contributed by atoms with van der Waals surface area (Å²) in [6, 6.07) is 11.6. The summed E-state index contributed by atoms with van der Waals surface area (Å²) in [4.78, 5) is 0. The van der Waals surface area contributed by atoms with Crippen LogP contribution >= 0.6 is 15.9 Å². The van der Waals surface area contributed by atoms with Crippen molar-refractivity contribution in [2.45, 2.75) is 25.5 Å². The summed E-state index contributed by atoms with van der Waals surface area (Å²) < 4.78 is 20.2. The highest BCUT2D eigenvalue weighted by Gasteiger charge is 2.21. The SMILES string of the molecule is CNC1CCc2cc(OCc3ccc(Br)cc3F)ccc21. The fraction of sp³-hybridized carbons (Fsp3) is 0.294. The third-order valence-corrected chi connectivity index (χ3v) is 4.44. The Morgan fingerprint density at radius 3 is 2.90 bits per heavy atom. The molecule has 0 fully saturated rings. The number of aryl methyl sites for hydroxylation is 1. The molecule has 0 radical (unpaired) electrons. The van der Waals surface area contributed by atoms with Crippen LogP contribution in [0, 0.1) is 5.82 Å². The van der Waals surface area contributed by atoms with Crippen LogP contribution in [0.4, 0.5) is 4.39 Å². The van der Waals surface area contributed by atoms with E-state index < -0.39 is 0 Å². The Bertz CT molecular complexity index is 659. The van der Waals surface area contributed by atoms with E-state index in [0.717, 1.165) is 23.1 Å². The lowest BCUT2D eigenvalue weighted by Crippen LogP contribution is -2.12. The minimum atomic E-state index is -0.249. The summed E-state index contributed by atoms with van der Waals surface area (Å²) in [6.07, 6.45) is 2.18. The van der Waals surface area contributed by atoms with Crippen LogP contribution in [-0.4, -0.2) is 7.05 Å². The lowest BCUT2D eigenvalue weighted by atomic mass is 10.1. The van der Waals surface area contributed by atoms with Gasteiger partial charge in [0.25, 0.3) is 0 Å². The Morgan fingerprint density at radius 1 is 1.29 bits per heavy atom. The Balaban J connectivity index is 1.72. The van der Waals surface area contributed by atoms with Gasteiger partial charge in [0.1, 0.15) is 18.2 Å². The van der Waals surface area contributed by atoms with Gasteiger partial charge in [0.2, 0.25) is 0 Å². The molecule has 0 aliphatic heterocycles. The summed E-state index contributed by atoms with van der Waals surface area (Å²) in [5.41, 5.74) is 3.23. The van der Waals surface area contributed by atoms with Crippen LogP contribution in [0.2, 0.25) is 0 Å². The van der Waals surface area contributed by atoms with Gasteiger partial charge in [-0.3, -0.25) is 0 Å². The van der Waals surface area contributed by atoms with Crippen LogP contribution in [0.3, 0.4) is 0 Å². The molecule has 0 amide bonds. The average Bonchev–Trinajstić information content (AvgIpc) is 2.88. The number of ether oxygens (including phenoxy) is 1. The Hall–Kier alpha value is -1.39. The van der Waals surface area contributed by atoms with E-state index in [1.165, 1.54) is 17.2 Å². The number of halogens is 2. The second-order valence-corrected chi connectivity index (χ2v) is 6.18. The molecule has 4 heteroatoms.